The summed E-state index contributed by atoms with van der Waals surface area (Å²) in [6.07, 6.45) is 4.17. The number of hydrogen-bond donors (Lipinski definition) is 2. The maximum Gasteiger partial charge on any atom is 0.250 e. The minimum atomic E-state index is -3.42. The van der Waals surface area contributed by atoms with Crippen molar-refractivity contribution in [1.29, 1.82) is 0 Å². The van der Waals surface area contributed by atoms with E-state index in [1.807, 2.05) is 43.3 Å². The molecule has 0 unspecified atom stereocenters. The van der Waals surface area contributed by atoms with Crippen LogP contribution in [0.1, 0.15) is 25.7 Å². The Kier molecular flexibility index (Phi) is 7.34. The monoisotopic (exact) mass is 537 g/mol. The second-order valence-electron chi connectivity index (χ2n) is 8.46. The van der Waals surface area contributed by atoms with Crippen LogP contribution < -0.4 is 14.9 Å². The number of nitrogens with zero attached hydrogens (tertiary/aromatic N) is 3. The van der Waals surface area contributed by atoms with Gasteiger partial charge in [-0.15, -0.1) is 11.3 Å². The highest BCUT2D eigenvalue weighted by Gasteiger charge is 2.24. The number of anilines is 2. The maximum atomic E-state index is 12.4. The van der Waals surface area contributed by atoms with E-state index in [0.717, 1.165) is 52.7 Å². The topological polar surface area (TPSA) is 87.2 Å². The first-order valence-corrected chi connectivity index (χ1v) is 13.8. The Balaban J connectivity index is 1.28. The van der Waals surface area contributed by atoms with Gasteiger partial charge in [-0.2, -0.15) is 4.98 Å². The average Bonchev–Trinajstić information content (AvgIpc) is 3.23. The highest BCUT2D eigenvalue weighted by molar-refractivity contribution is 9.11. The molecular weight excluding hydrogens is 510 g/mol. The van der Waals surface area contributed by atoms with Crippen LogP contribution in [0.25, 0.3) is 10.9 Å². The van der Waals surface area contributed by atoms with E-state index in [2.05, 4.69) is 31.0 Å². The van der Waals surface area contributed by atoms with E-state index in [0.29, 0.717) is 28.5 Å². The van der Waals surface area contributed by atoms with Crippen LogP contribution in [0.15, 0.2) is 44.4 Å². The van der Waals surface area contributed by atoms with Crippen LogP contribution in [0.4, 0.5) is 11.8 Å². The second-order valence-corrected chi connectivity index (χ2v) is 12.9. The summed E-state index contributed by atoms with van der Waals surface area (Å²) in [7, 11) is 0.561. The van der Waals surface area contributed by atoms with E-state index in [9.17, 15) is 8.42 Å². The van der Waals surface area contributed by atoms with Crippen LogP contribution in [-0.2, 0) is 10.0 Å². The van der Waals surface area contributed by atoms with E-state index in [1.54, 1.807) is 12.1 Å². The normalized spacial score (nSPS) is 19.2. The lowest BCUT2D eigenvalue weighted by Crippen LogP contribution is -2.32. The summed E-state index contributed by atoms with van der Waals surface area (Å²) in [5.41, 5.74) is 0.933. The molecule has 0 bridgehead atoms. The lowest BCUT2D eigenvalue weighted by atomic mass is 9.82. The summed E-state index contributed by atoms with van der Waals surface area (Å²) in [5, 5.41) is 4.48. The maximum absolute atomic E-state index is 12.4. The summed E-state index contributed by atoms with van der Waals surface area (Å²) >= 11 is 4.55. The number of benzene rings is 1. The van der Waals surface area contributed by atoms with Gasteiger partial charge in [-0.25, -0.2) is 18.1 Å². The van der Waals surface area contributed by atoms with E-state index in [1.165, 1.54) is 11.3 Å². The van der Waals surface area contributed by atoms with Crippen molar-refractivity contribution in [2.45, 2.75) is 29.9 Å². The molecule has 2 heterocycles. The molecule has 1 aliphatic carbocycles. The minimum Gasteiger partial charge on any atom is -0.362 e. The molecule has 32 heavy (non-hydrogen) atoms. The number of sulfonamides is 1. The molecule has 1 aliphatic rings. The summed E-state index contributed by atoms with van der Waals surface area (Å²) in [6.45, 7) is 1.32. The number of halogens is 1. The SMILES string of the molecule is CN(C)c1nc(NC[C@H]2CC[C@H](CNS(=O)(=O)c3ccc(Br)s3)CC2)nc2ccccc12. The quantitative estimate of drug-likeness (QED) is 0.432. The molecule has 1 aromatic carbocycles. The number of rotatable bonds is 8. The fourth-order valence-electron chi connectivity index (χ4n) is 4.10. The zero-order valence-electron chi connectivity index (χ0n) is 18.2. The summed E-state index contributed by atoms with van der Waals surface area (Å²) in [4.78, 5) is 11.4. The zero-order chi connectivity index (χ0) is 22.7. The molecule has 10 heteroatoms. The van der Waals surface area contributed by atoms with Crippen molar-refractivity contribution >= 4 is 60.0 Å². The highest BCUT2D eigenvalue weighted by Crippen LogP contribution is 2.30. The van der Waals surface area contributed by atoms with Crippen LogP contribution in [-0.4, -0.2) is 45.6 Å². The summed E-state index contributed by atoms with van der Waals surface area (Å²) in [5.74, 6) is 2.48. The van der Waals surface area contributed by atoms with E-state index < -0.39 is 10.0 Å². The zero-order valence-corrected chi connectivity index (χ0v) is 21.4. The van der Waals surface area contributed by atoms with Gasteiger partial charge in [0.25, 0.3) is 0 Å². The molecule has 7 nitrogen and oxygen atoms in total. The third kappa shape index (κ3) is 5.59. The molecule has 0 radical (unpaired) electrons. The van der Waals surface area contributed by atoms with Gasteiger partial charge >= 0.3 is 0 Å². The van der Waals surface area contributed by atoms with Crippen molar-refractivity contribution in [2.75, 3.05) is 37.4 Å². The predicted molar refractivity (Wildman–Crippen MR) is 135 cm³/mol. The van der Waals surface area contributed by atoms with Gasteiger partial charge in [0.2, 0.25) is 16.0 Å². The molecule has 1 fully saturated rings. The molecule has 0 saturated heterocycles. The Bertz CT molecular complexity index is 1170. The third-order valence-corrected chi connectivity index (χ3v) is 9.44. The number of hydrogen-bond acceptors (Lipinski definition) is 7. The average molecular weight is 539 g/mol. The highest BCUT2D eigenvalue weighted by atomic mass is 79.9. The molecule has 4 rings (SSSR count). The first-order valence-electron chi connectivity index (χ1n) is 10.7. The van der Waals surface area contributed by atoms with E-state index in [4.69, 9.17) is 4.98 Å². The van der Waals surface area contributed by atoms with Crippen LogP contribution in [0, 0.1) is 11.8 Å². The Morgan fingerprint density at radius 3 is 2.38 bits per heavy atom. The lowest BCUT2D eigenvalue weighted by Gasteiger charge is -2.28. The fourth-order valence-corrected chi connectivity index (χ4v) is 7.27. The second kappa shape index (κ2) is 10.0. The number of para-hydroxylation sites is 1. The molecule has 172 valence electrons. The number of thiophene rings is 1. The van der Waals surface area contributed by atoms with Gasteiger partial charge in [0.15, 0.2) is 0 Å². The smallest absolute Gasteiger partial charge is 0.250 e. The molecule has 3 aromatic rings. The first-order chi connectivity index (χ1) is 15.3. The fraction of sp³-hybridized carbons (Fsp3) is 0.455. The molecule has 2 aromatic heterocycles. The van der Waals surface area contributed by atoms with Crippen molar-refractivity contribution < 1.29 is 8.42 Å². The molecule has 0 aliphatic heterocycles. The molecule has 0 spiro atoms. The van der Waals surface area contributed by atoms with Crippen LogP contribution >= 0.6 is 27.3 Å². The number of aromatic nitrogens is 2. The lowest BCUT2D eigenvalue weighted by molar-refractivity contribution is 0.284. The molecular formula is C22H28BrN5O2S2. The number of nitrogens with one attached hydrogen (secondary N) is 2. The molecule has 1 saturated carbocycles. The van der Waals surface area contributed by atoms with Crippen LogP contribution in [0.5, 0.6) is 0 Å². The standard InChI is InChI=1S/C22H28BrN5O2S2/c1-28(2)21-17-5-3-4-6-18(17)26-22(27-21)24-13-15-7-9-16(10-8-15)14-25-32(29,30)20-12-11-19(23)31-20/h3-6,11-12,15-16,25H,7-10,13-14H2,1-2H3,(H,24,26,27)/t15-,16-. The van der Waals surface area contributed by atoms with Crippen LogP contribution in [0.3, 0.4) is 0 Å². The van der Waals surface area contributed by atoms with Crippen molar-refractivity contribution in [2.24, 2.45) is 11.8 Å². The largest absolute Gasteiger partial charge is 0.362 e. The predicted octanol–water partition coefficient (Wildman–Crippen LogP) is 4.72. The first kappa shape index (κ1) is 23.4. The van der Waals surface area contributed by atoms with Gasteiger partial charge in [-0.3, -0.25) is 0 Å². The minimum absolute atomic E-state index is 0.356. The van der Waals surface area contributed by atoms with Gasteiger partial charge in [-0.05, 0) is 77.7 Å². The Morgan fingerprint density at radius 1 is 1.03 bits per heavy atom. The van der Waals surface area contributed by atoms with E-state index >= 15 is 0 Å². The molecule has 2 N–H and O–H groups in total. The van der Waals surface area contributed by atoms with Gasteiger partial charge < -0.3 is 10.2 Å². The van der Waals surface area contributed by atoms with Gasteiger partial charge in [-0.1, -0.05) is 12.1 Å². The summed E-state index contributed by atoms with van der Waals surface area (Å²) in [6, 6.07) is 11.4. The Labute approximate surface area is 201 Å². The van der Waals surface area contributed by atoms with Gasteiger partial charge in [0, 0.05) is 32.6 Å². The van der Waals surface area contributed by atoms with Gasteiger partial charge in [0.05, 0.1) is 9.30 Å². The van der Waals surface area contributed by atoms with Crippen molar-refractivity contribution in [1.82, 2.24) is 14.7 Å². The Morgan fingerprint density at radius 2 is 1.72 bits per heavy atom. The van der Waals surface area contributed by atoms with Crippen molar-refractivity contribution in [3.63, 3.8) is 0 Å². The number of fused-ring (bicyclic) bond motifs is 1. The molecule has 0 atom stereocenters. The van der Waals surface area contributed by atoms with E-state index in [-0.39, 0.29) is 0 Å². The third-order valence-electron chi connectivity index (χ3n) is 5.90. The van der Waals surface area contributed by atoms with Crippen molar-refractivity contribution in [3.05, 3.63) is 40.2 Å². The molecule has 0 amide bonds. The Hall–Kier alpha value is -1.75. The van der Waals surface area contributed by atoms with Gasteiger partial charge in [0.1, 0.15) is 10.0 Å². The van der Waals surface area contributed by atoms with Crippen molar-refractivity contribution in [3.8, 4) is 0 Å². The summed E-state index contributed by atoms with van der Waals surface area (Å²) < 4.78 is 28.8. The van der Waals surface area contributed by atoms with Crippen LogP contribution in [0.2, 0.25) is 0 Å².